The maximum absolute atomic E-state index is 13.4. The van der Waals surface area contributed by atoms with E-state index in [0.29, 0.717) is 0 Å². The standard InChI is InChI=1S/C25H28N4OS/c1-17-4-6-20-7-8-21(28-12-3-10-26-11-13-28)16-29(20)25(30)15-22(17)19-5-9-24-23(14-19)27-18(2)31-24/h5-9,14-17,26H,3-4,10-13H2,1-2H3. The third kappa shape index (κ3) is 4.10. The number of aromatic nitrogens is 1. The van der Waals surface area contributed by atoms with Crippen molar-refractivity contribution in [1.82, 2.24) is 20.1 Å². The summed E-state index contributed by atoms with van der Waals surface area (Å²) in [6.45, 7) is 8.22. The van der Waals surface area contributed by atoms with E-state index < -0.39 is 0 Å². The van der Waals surface area contributed by atoms with E-state index in [2.05, 4.69) is 58.6 Å². The van der Waals surface area contributed by atoms with E-state index in [1.54, 1.807) is 11.3 Å². The lowest BCUT2D eigenvalue weighted by molar-refractivity contribution is -0.122. The minimum atomic E-state index is 0.0113. The Hall–Kier alpha value is -2.70. The van der Waals surface area contributed by atoms with E-state index in [4.69, 9.17) is 0 Å². The number of benzene rings is 1. The molecule has 6 heteroatoms. The number of carbonyl (C=O) groups excluding carboxylic acids is 1. The van der Waals surface area contributed by atoms with Crippen LogP contribution in [0, 0.1) is 12.8 Å². The number of hydrogen-bond acceptors (Lipinski definition) is 5. The maximum Gasteiger partial charge on any atom is 0.255 e. The normalized spacial score (nSPS) is 22.3. The molecule has 1 amide bonds. The predicted octanol–water partition coefficient (Wildman–Crippen LogP) is 4.45. The second-order valence-electron chi connectivity index (χ2n) is 8.47. The molecule has 4 heterocycles. The van der Waals surface area contributed by atoms with Gasteiger partial charge >= 0.3 is 0 Å². The van der Waals surface area contributed by atoms with Crippen molar-refractivity contribution in [2.45, 2.75) is 26.7 Å². The third-order valence-electron chi connectivity index (χ3n) is 6.23. The molecule has 0 radical (unpaired) electrons. The zero-order valence-electron chi connectivity index (χ0n) is 18.1. The Bertz CT molecular complexity index is 1130. The van der Waals surface area contributed by atoms with Gasteiger partial charge in [-0.15, -0.1) is 11.3 Å². The van der Waals surface area contributed by atoms with E-state index >= 15 is 0 Å². The van der Waals surface area contributed by atoms with Gasteiger partial charge in [0.2, 0.25) is 0 Å². The van der Waals surface area contributed by atoms with Crippen molar-refractivity contribution in [3.8, 4) is 0 Å². The molecule has 1 unspecified atom stereocenters. The molecule has 0 spiro atoms. The van der Waals surface area contributed by atoms with Gasteiger partial charge in [-0.2, -0.15) is 0 Å². The van der Waals surface area contributed by atoms with Crippen LogP contribution in [0.15, 0.2) is 60.1 Å². The number of amides is 1. The average molecular weight is 433 g/mol. The summed E-state index contributed by atoms with van der Waals surface area (Å²) in [5, 5.41) is 4.51. The summed E-state index contributed by atoms with van der Waals surface area (Å²) in [7, 11) is 0. The zero-order chi connectivity index (χ0) is 21.4. The lowest BCUT2D eigenvalue weighted by atomic mass is 9.89. The highest BCUT2D eigenvalue weighted by Gasteiger charge is 2.24. The van der Waals surface area contributed by atoms with Crippen LogP contribution in [0.2, 0.25) is 0 Å². The van der Waals surface area contributed by atoms with Crippen molar-refractivity contribution in [2.75, 3.05) is 26.2 Å². The fraction of sp³-hybridized carbons (Fsp3) is 0.360. The van der Waals surface area contributed by atoms with E-state index in [9.17, 15) is 4.79 Å². The minimum absolute atomic E-state index is 0.0113. The van der Waals surface area contributed by atoms with E-state index in [1.807, 2.05) is 24.1 Å². The van der Waals surface area contributed by atoms with Crippen LogP contribution in [0.4, 0.5) is 0 Å². The molecule has 3 aliphatic rings. The summed E-state index contributed by atoms with van der Waals surface area (Å²) >= 11 is 1.71. The number of fused-ring (bicyclic) bond motifs is 2. The molecule has 1 N–H and O–H groups in total. The Morgan fingerprint density at radius 3 is 2.94 bits per heavy atom. The predicted molar refractivity (Wildman–Crippen MR) is 127 cm³/mol. The van der Waals surface area contributed by atoms with Crippen LogP contribution in [0.3, 0.4) is 0 Å². The molecule has 2 aromatic rings. The van der Waals surface area contributed by atoms with Gasteiger partial charge in [0.25, 0.3) is 5.91 Å². The van der Waals surface area contributed by atoms with Crippen LogP contribution in [0.5, 0.6) is 0 Å². The molecule has 5 nitrogen and oxygen atoms in total. The number of nitrogens with one attached hydrogen (secondary N) is 1. The Morgan fingerprint density at radius 2 is 2.03 bits per heavy atom. The Kier molecular flexibility index (Phi) is 5.50. The molecule has 0 bridgehead atoms. The van der Waals surface area contributed by atoms with Gasteiger partial charge < -0.3 is 10.2 Å². The second-order valence-corrected chi connectivity index (χ2v) is 9.70. The van der Waals surface area contributed by atoms with Gasteiger partial charge in [0.05, 0.1) is 20.9 Å². The average Bonchev–Trinajstić information content (AvgIpc) is 2.95. The fourth-order valence-corrected chi connectivity index (χ4v) is 5.32. The van der Waals surface area contributed by atoms with Crippen LogP contribution in [0.1, 0.15) is 30.3 Å². The van der Waals surface area contributed by atoms with Gasteiger partial charge in [-0.1, -0.05) is 19.1 Å². The first-order valence-corrected chi connectivity index (χ1v) is 11.9. The van der Waals surface area contributed by atoms with E-state index in [0.717, 1.165) is 72.1 Å². The van der Waals surface area contributed by atoms with Gasteiger partial charge in [0.15, 0.2) is 0 Å². The molecule has 1 aromatic carbocycles. The lowest BCUT2D eigenvalue weighted by Crippen LogP contribution is -2.32. The molecule has 3 aliphatic heterocycles. The van der Waals surface area contributed by atoms with Crippen molar-refractivity contribution in [2.24, 2.45) is 5.92 Å². The van der Waals surface area contributed by atoms with Crippen molar-refractivity contribution in [1.29, 1.82) is 0 Å². The van der Waals surface area contributed by atoms with E-state index in [-0.39, 0.29) is 11.8 Å². The molecule has 31 heavy (non-hydrogen) atoms. The number of allylic oxidation sites excluding steroid dienone is 4. The highest BCUT2D eigenvalue weighted by Crippen LogP contribution is 2.33. The molecular formula is C25H28N4OS. The molecule has 0 aliphatic carbocycles. The minimum Gasteiger partial charge on any atom is -0.369 e. The highest BCUT2D eigenvalue weighted by atomic mass is 32.1. The van der Waals surface area contributed by atoms with Crippen LogP contribution >= 0.6 is 11.3 Å². The quantitative estimate of drug-likeness (QED) is 0.762. The number of thiazole rings is 1. The monoisotopic (exact) mass is 432 g/mol. The van der Waals surface area contributed by atoms with Crippen LogP contribution in [0.25, 0.3) is 15.8 Å². The molecule has 160 valence electrons. The smallest absolute Gasteiger partial charge is 0.255 e. The molecule has 1 saturated heterocycles. The first-order chi connectivity index (χ1) is 15.1. The number of nitrogens with zero attached hydrogens (tertiary/aromatic N) is 3. The number of aryl methyl sites for hydroxylation is 1. The number of rotatable bonds is 2. The second kappa shape index (κ2) is 8.44. The highest BCUT2D eigenvalue weighted by molar-refractivity contribution is 7.18. The number of carbonyl (C=O) groups is 1. The summed E-state index contributed by atoms with van der Waals surface area (Å²) in [5.41, 5.74) is 5.26. The van der Waals surface area contributed by atoms with Crippen molar-refractivity contribution in [3.05, 3.63) is 70.7 Å². The first kappa shape index (κ1) is 20.2. The van der Waals surface area contributed by atoms with Crippen LogP contribution in [-0.2, 0) is 4.79 Å². The van der Waals surface area contributed by atoms with Crippen LogP contribution < -0.4 is 5.32 Å². The van der Waals surface area contributed by atoms with Gasteiger partial charge in [-0.3, -0.25) is 9.69 Å². The molecular weight excluding hydrogens is 404 g/mol. The summed E-state index contributed by atoms with van der Waals surface area (Å²) in [4.78, 5) is 22.2. The van der Waals surface area contributed by atoms with Gasteiger partial charge in [-0.05, 0) is 67.6 Å². The topological polar surface area (TPSA) is 48.5 Å². The van der Waals surface area contributed by atoms with E-state index in [1.165, 1.54) is 4.70 Å². The van der Waals surface area contributed by atoms with Gasteiger partial charge in [-0.25, -0.2) is 4.98 Å². The molecule has 1 atom stereocenters. The van der Waals surface area contributed by atoms with Crippen molar-refractivity contribution >= 4 is 33.0 Å². The molecule has 1 aromatic heterocycles. The Balaban J connectivity index is 1.48. The van der Waals surface area contributed by atoms with Crippen molar-refractivity contribution in [3.63, 3.8) is 0 Å². The largest absolute Gasteiger partial charge is 0.369 e. The summed E-state index contributed by atoms with van der Waals surface area (Å²) in [6, 6.07) is 6.38. The maximum atomic E-state index is 13.4. The summed E-state index contributed by atoms with van der Waals surface area (Å²) < 4.78 is 1.19. The zero-order valence-corrected chi connectivity index (χ0v) is 18.9. The third-order valence-corrected chi connectivity index (χ3v) is 7.18. The van der Waals surface area contributed by atoms with Gasteiger partial charge in [0.1, 0.15) is 0 Å². The number of hydrogen-bond donors (Lipinski definition) is 1. The molecule has 1 fully saturated rings. The molecule has 5 rings (SSSR count). The lowest BCUT2D eigenvalue weighted by Gasteiger charge is -2.31. The SMILES string of the molecule is Cc1nc2cc(C3=CC(=O)N4C=C(N5CCCNCC5)C=CC4=CCC3C)ccc2s1. The Labute approximate surface area is 187 Å². The fourth-order valence-electron chi connectivity index (χ4n) is 4.51. The van der Waals surface area contributed by atoms with Crippen molar-refractivity contribution < 1.29 is 4.79 Å². The van der Waals surface area contributed by atoms with Crippen LogP contribution in [-0.4, -0.2) is 46.9 Å². The van der Waals surface area contributed by atoms with Gasteiger partial charge in [0, 0.05) is 37.6 Å². The first-order valence-electron chi connectivity index (χ1n) is 11.1. The Morgan fingerprint density at radius 1 is 1.16 bits per heavy atom. The molecule has 0 saturated carbocycles. The summed E-state index contributed by atoms with van der Waals surface area (Å²) in [5.74, 6) is 0.267. The summed E-state index contributed by atoms with van der Waals surface area (Å²) in [6.07, 6.45) is 12.3.